The van der Waals surface area contributed by atoms with E-state index in [9.17, 15) is 9.59 Å². The molecule has 3 aliphatic rings. The summed E-state index contributed by atoms with van der Waals surface area (Å²) in [7, 11) is 0. The maximum Gasteiger partial charge on any atom is 0.241 e. The number of carbonyl (C=O) groups excluding carboxylic acids is 2. The summed E-state index contributed by atoms with van der Waals surface area (Å²) in [6, 6.07) is 0. The van der Waals surface area contributed by atoms with Crippen molar-refractivity contribution in [1.82, 2.24) is 4.90 Å². The summed E-state index contributed by atoms with van der Waals surface area (Å²) in [6.45, 7) is 6.83. The normalized spacial score (nSPS) is 38.3. The molecule has 2 amide bonds. The first-order valence-corrected chi connectivity index (χ1v) is 7.44. The van der Waals surface area contributed by atoms with Gasteiger partial charge >= 0.3 is 0 Å². The minimum absolute atomic E-state index is 0.0341. The van der Waals surface area contributed by atoms with Gasteiger partial charge in [-0.25, -0.2) is 4.90 Å². The second-order valence-electron chi connectivity index (χ2n) is 6.14. The van der Waals surface area contributed by atoms with E-state index in [-0.39, 0.29) is 23.1 Å². The summed E-state index contributed by atoms with van der Waals surface area (Å²) in [5.41, 5.74) is -0.654. The van der Waals surface area contributed by atoms with Crippen molar-refractivity contribution in [2.75, 3.05) is 12.3 Å². The number of amides is 2. The van der Waals surface area contributed by atoms with Crippen LogP contribution in [0.3, 0.4) is 0 Å². The highest BCUT2D eigenvalue weighted by atomic mass is 32.2. The van der Waals surface area contributed by atoms with Crippen LogP contribution in [0.1, 0.15) is 33.6 Å². The van der Waals surface area contributed by atoms with Gasteiger partial charge in [0.05, 0.1) is 12.0 Å². The molecule has 18 heavy (non-hydrogen) atoms. The second kappa shape index (κ2) is 3.59. The molecule has 3 rings (SSSR count). The molecule has 2 heterocycles. The smallest absolute Gasteiger partial charge is 0.241 e. The van der Waals surface area contributed by atoms with Crippen LogP contribution in [0.25, 0.3) is 0 Å². The van der Waals surface area contributed by atoms with Crippen molar-refractivity contribution in [3.63, 3.8) is 0 Å². The molecule has 2 fully saturated rings. The van der Waals surface area contributed by atoms with Crippen molar-refractivity contribution in [2.24, 2.45) is 21.7 Å². The summed E-state index contributed by atoms with van der Waals surface area (Å²) in [5.74, 6) is 0.758. The minimum Gasteiger partial charge on any atom is -0.274 e. The molecule has 2 bridgehead atoms. The van der Waals surface area contributed by atoms with E-state index in [1.165, 1.54) is 16.7 Å². The Morgan fingerprint density at radius 1 is 1.33 bits per heavy atom. The molecule has 5 heteroatoms. The van der Waals surface area contributed by atoms with Gasteiger partial charge < -0.3 is 0 Å². The lowest BCUT2D eigenvalue weighted by Gasteiger charge is -2.47. The van der Waals surface area contributed by atoms with E-state index in [4.69, 9.17) is 0 Å². The highest BCUT2D eigenvalue weighted by Crippen LogP contribution is 2.60. The number of carbonyl (C=O) groups is 2. The van der Waals surface area contributed by atoms with Gasteiger partial charge in [-0.1, -0.05) is 32.5 Å². The number of rotatable bonds is 0. The Kier molecular flexibility index (Phi) is 2.44. The van der Waals surface area contributed by atoms with Gasteiger partial charge in [0.25, 0.3) is 0 Å². The quantitative estimate of drug-likeness (QED) is 0.629. The van der Waals surface area contributed by atoms with Crippen molar-refractivity contribution < 1.29 is 9.59 Å². The molecule has 2 atom stereocenters. The molecule has 98 valence electrons. The van der Waals surface area contributed by atoms with E-state index in [2.05, 4.69) is 18.8 Å². The lowest BCUT2D eigenvalue weighted by molar-refractivity contribution is -0.161. The molecule has 2 aliphatic heterocycles. The molecule has 1 aliphatic carbocycles. The average Bonchev–Trinajstić information content (AvgIpc) is 2.85. The molecular formula is C13H18N2O2S. The van der Waals surface area contributed by atoms with Gasteiger partial charge in [-0.2, -0.15) is 0 Å². The van der Waals surface area contributed by atoms with Gasteiger partial charge in [-0.3, -0.25) is 14.6 Å². The highest BCUT2D eigenvalue weighted by molar-refractivity contribution is 8.14. The van der Waals surface area contributed by atoms with Crippen molar-refractivity contribution in [3.8, 4) is 0 Å². The number of amidine groups is 1. The maximum atomic E-state index is 12.7. The number of nitrogens with zero attached hydrogens (tertiary/aromatic N) is 2. The van der Waals surface area contributed by atoms with Crippen molar-refractivity contribution in [2.45, 2.75) is 33.6 Å². The Balaban J connectivity index is 2.06. The zero-order valence-electron chi connectivity index (χ0n) is 11.0. The van der Waals surface area contributed by atoms with Gasteiger partial charge in [0, 0.05) is 11.7 Å². The van der Waals surface area contributed by atoms with Crippen molar-refractivity contribution in [3.05, 3.63) is 0 Å². The molecule has 4 nitrogen and oxygen atoms in total. The van der Waals surface area contributed by atoms with E-state index in [0.29, 0.717) is 11.7 Å². The summed E-state index contributed by atoms with van der Waals surface area (Å²) >= 11 is 1.52. The topological polar surface area (TPSA) is 49.7 Å². The van der Waals surface area contributed by atoms with Crippen LogP contribution in [0, 0.1) is 16.7 Å². The molecule has 0 N–H and O–H groups in total. The highest BCUT2D eigenvalue weighted by Gasteiger charge is 2.65. The van der Waals surface area contributed by atoms with Crippen molar-refractivity contribution >= 4 is 28.7 Å². The van der Waals surface area contributed by atoms with Crippen LogP contribution in [0.2, 0.25) is 0 Å². The van der Waals surface area contributed by atoms with Gasteiger partial charge in [0.15, 0.2) is 5.17 Å². The zero-order chi connectivity index (χ0) is 13.1. The van der Waals surface area contributed by atoms with Crippen LogP contribution < -0.4 is 0 Å². The summed E-state index contributed by atoms with van der Waals surface area (Å²) in [4.78, 5) is 31.0. The number of hydrogen-bond acceptors (Lipinski definition) is 4. The van der Waals surface area contributed by atoms with Gasteiger partial charge in [-0.05, 0) is 18.3 Å². The van der Waals surface area contributed by atoms with Crippen LogP contribution in [-0.2, 0) is 9.59 Å². The third-order valence-corrected chi connectivity index (χ3v) is 6.14. The molecule has 0 aromatic carbocycles. The minimum atomic E-state index is -0.419. The molecule has 0 spiro atoms. The standard InChI is InChI=1S/C13H18N2O2S/c1-12(2)8-4-5-13(12,3)10(17)15(9(8)16)11-14-6-7-18-11/h8H,4-7H2,1-3H3/t8-,13+/m0/s1. The van der Waals surface area contributed by atoms with E-state index in [1.807, 2.05) is 6.92 Å². The summed E-state index contributed by atoms with van der Waals surface area (Å²) in [5, 5.41) is 0.624. The first-order chi connectivity index (χ1) is 8.39. The number of fused-ring (bicyclic) bond motifs is 2. The lowest BCUT2D eigenvalue weighted by atomic mass is 9.62. The fourth-order valence-electron chi connectivity index (χ4n) is 3.46. The molecule has 0 radical (unpaired) electrons. The Morgan fingerprint density at radius 2 is 2.06 bits per heavy atom. The number of hydrogen-bond donors (Lipinski definition) is 0. The predicted molar refractivity (Wildman–Crippen MR) is 71.2 cm³/mol. The molecule has 0 unspecified atom stereocenters. The van der Waals surface area contributed by atoms with Crippen LogP contribution in [-0.4, -0.2) is 34.2 Å². The Morgan fingerprint density at radius 3 is 2.67 bits per heavy atom. The second-order valence-corrected chi connectivity index (χ2v) is 7.20. The summed E-state index contributed by atoms with van der Waals surface area (Å²) in [6.07, 6.45) is 1.63. The van der Waals surface area contributed by atoms with Crippen LogP contribution in [0.5, 0.6) is 0 Å². The average molecular weight is 266 g/mol. The Bertz CT molecular complexity index is 472. The van der Waals surface area contributed by atoms with Crippen LogP contribution in [0.15, 0.2) is 4.99 Å². The molecule has 1 saturated carbocycles. The SMILES string of the molecule is CC1(C)[C@H]2CC[C@]1(C)C(=O)N(C1=NCCS1)C2=O. The van der Waals surface area contributed by atoms with Crippen molar-refractivity contribution in [1.29, 1.82) is 0 Å². The van der Waals surface area contributed by atoms with Crippen LogP contribution >= 0.6 is 11.8 Å². The molecular weight excluding hydrogens is 248 g/mol. The fraction of sp³-hybridized carbons (Fsp3) is 0.769. The number of likely N-dealkylation sites (tertiary alicyclic amines) is 1. The largest absolute Gasteiger partial charge is 0.274 e. The third-order valence-electron chi connectivity index (χ3n) is 5.18. The number of aliphatic imine (C=N–C) groups is 1. The molecule has 1 saturated heterocycles. The number of thioether (sulfide) groups is 1. The fourth-order valence-corrected chi connectivity index (χ4v) is 4.31. The zero-order valence-corrected chi connectivity index (χ0v) is 11.8. The van der Waals surface area contributed by atoms with Crippen LogP contribution in [0.4, 0.5) is 0 Å². The van der Waals surface area contributed by atoms with Gasteiger partial charge in [0.2, 0.25) is 11.8 Å². The van der Waals surface area contributed by atoms with E-state index in [0.717, 1.165) is 18.6 Å². The Hall–Kier alpha value is -0.840. The van der Waals surface area contributed by atoms with E-state index < -0.39 is 5.41 Å². The summed E-state index contributed by atoms with van der Waals surface area (Å²) < 4.78 is 0. The first kappa shape index (κ1) is 12.2. The Labute approximate surface area is 111 Å². The predicted octanol–water partition coefficient (Wildman–Crippen LogP) is 1.90. The number of imide groups is 1. The van der Waals surface area contributed by atoms with E-state index in [1.54, 1.807) is 0 Å². The molecule has 0 aromatic rings. The van der Waals surface area contributed by atoms with Gasteiger partial charge in [-0.15, -0.1) is 0 Å². The molecule has 0 aromatic heterocycles. The number of piperidine rings is 1. The monoisotopic (exact) mass is 266 g/mol. The third kappa shape index (κ3) is 1.26. The van der Waals surface area contributed by atoms with Gasteiger partial charge in [0.1, 0.15) is 0 Å². The maximum absolute atomic E-state index is 12.7. The lowest BCUT2D eigenvalue weighted by Crippen LogP contribution is -2.60. The first-order valence-electron chi connectivity index (χ1n) is 6.45. The van der Waals surface area contributed by atoms with E-state index >= 15 is 0 Å².